The number of amides is 3. The maximum absolute atomic E-state index is 12.1. The van der Waals surface area contributed by atoms with Crippen LogP contribution in [0.15, 0.2) is 42.5 Å². The number of hydrogen-bond acceptors (Lipinski definition) is 3. The van der Waals surface area contributed by atoms with E-state index in [0.29, 0.717) is 16.5 Å². The fraction of sp³-hybridized carbons (Fsp3) is 0.176. The highest BCUT2D eigenvalue weighted by Crippen LogP contribution is 2.19. The molecular weight excluding hydrogens is 330 g/mol. The standard InChI is InChI=1S/C17H18ClN3O3/c1-11-3-4-12(2)15(9-11)24-10-16(22)20-21(17(19)23)14-7-5-13(18)6-8-14/h3-9H,10H2,1-2H3,(H2,19,23)(H,20,22). The van der Waals surface area contributed by atoms with Gasteiger partial charge in [-0.1, -0.05) is 23.7 Å². The van der Waals surface area contributed by atoms with Crippen molar-refractivity contribution in [3.63, 3.8) is 0 Å². The summed E-state index contributed by atoms with van der Waals surface area (Å²) in [5, 5.41) is 1.44. The minimum atomic E-state index is -0.822. The number of nitrogens with zero attached hydrogens (tertiary/aromatic N) is 1. The van der Waals surface area contributed by atoms with Gasteiger partial charge < -0.3 is 10.5 Å². The molecule has 0 aliphatic heterocycles. The highest BCUT2D eigenvalue weighted by atomic mass is 35.5. The predicted octanol–water partition coefficient (Wildman–Crippen LogP) is 2.95. The summed E-state index contributed by atoms with van der Waals surface area (Å²) in [6.07, 6.45) is 0. The van der Waals surface area contributed by atoms with E-state index >= 15 is 0 Å². The lowest BCUT2D eigenvalue weighted by molar-refractivity contribution is -0.123. The van der Waals surface area contributed by atoms with E-state index in [1.807, 2.05) is 32.0 Å². The average molecular weight is 348 g/mol. The molecule has 6 nitrogen and oxygen atoms in total. The number of aryl methyl sites for hydroxylation is 2. The molecule has 24 heavy (non-hydrogen) atoms. The molecule has 0 bridgehead atoms. The highest BCUT2D eigenvalue weighted by molar-refractivity contribution is 6.30. The minimum absolute atomic E-state index is 0.248. The Kier molecular flexibility index (Phi) is 5.65. The highest BCUT2D eigenvalue weighted by Gasteiger charge is 2.16. The van der Waals surface area contributed by atoms with Gasteiger partial charge in [0.25, 0.3) is 5.91 Å². The van der Waals surface area contributed by atoms with E-state index in [9.17, 15) is 9.59 Å². The van der Waals surface area contributed by atoms with Crippen LogP contribution in [0.1, 0.15) is 11.1 Å². The summed E-state index contributed by atoms with van der Waals surface area (Å²) in [5.41, 5.74) is 10.0. The lowest BCUT2D eigenvalue weighted by Crippen LogP contribution is -2.50. The molecule has 2 aromatic rings. The molecule has 0 aromatic heterocycles. The molecule has 0 spiro atoms. The summed E-state index contributed by atoms with van der Waals surface area (Å²) in [7, 11) is 0. The molecule has 126 valence electrons. The van der Waals surface area contributed by atoms with Gasteiger partial charge in [0.05, 0.1) is 5.69 Å². The second-order valence-electron chi connectivity index (χ2n) is 5.24. The van der Waals surface area contributed by atoms with Crippen LogP contribution in [0.2, 0.25) is 5.02 Å². The molecule has 0 saturated carbocycles. The molecule has 0 heterocycles. The molecule has 0 unspecified atom stereocenters. The second kappa shape index (κ2) is 7.70. The number of benzene rings is 2. The van der Waals surface area contributed by atoms with Gasteiger partial charge >= 0.3 is 6.03 Å². The Hall–Kier alpha value is -2.73. The maximum Gasteiger partial charge on any atom is 0.338 e. The summed E-state index contributed by atoms with van der Waals surface area (Å²) in [4.78, 5) is 23.6. The predicted molar refractivity (Wildman–Crippen MR) is 93.1 cm³/mol. The number of rotatable bonds is 4. The zero-order chi connectivity index (χ0) is 17.7. The van der Waals surface area contributed by atoms with Crippen LogP contribution < -0.4 is 20.9 Å². The van der Waals surface area contributed by atoms with E-state index in [0.717, 1.165) is 16.1 Å². The third-order valence-electron chi connectivity index (χ3n) is 3.24. The Morgan fingerprint density at radius 2 is 1.83 bits per heavy atom. The largest absolute Gasteiger partial charge is 0.483 e. The number of hydrogen-bond donors (Lipinski definition) is 2. The van der Waals surface area contributed by atoms with Crippen molar-refractivity contribution in [1.82, 2.24) is 5.43 Å². The summed E-state index contributed by atoms with van der Waals surface area (Å²) in [6, 6.07) is 11.2. The van der Waals surface area contributed by atoms with Crippen LogP contribution in [-0.2, 0) is 4.79 Å². The zero-order valence-electron chi connectivity index (χ0n) is 13.4. The molecule has 0 saturated heterocycles. The Balaban J connectivity index is 2.02. The molecule has 0 aliphatic rings. The average Bonchev–Trinajstić information content (AvgIpc) is 2.54. The van der Waals surface area contributed by atoms with Crippen molar-refractivity contribution < 1.29 is 14.3 Å². The summed E-state index contributed by atoms with van der Waals surface area (Å²) in [5.74, 6) is 0.104. The molecule has 0 radical (unpaired) electrons. The maximum atomic E-state index is 12.1. The van der Waals surface area contributed by atoms with Crippen molar-refractivity contribution in [3.8, 4) is 5.75 Å². The van der Waals surface area contributed by atoms with Gasteiger partial charge in [0.2, 0.25) is 0 Å². The molecule has 7 heteroatoms. The van der Waals surface area contributed by atoms with Crippen molar-refractivity contribution in [2.75, 3.05) is 11.6 Å². The second-order valence-corrected chi connectivity index (χ2v) is 5.68. The zero-order valence-corrected chi connectivity index (χ0v) is 14.1. The fourth-order valence-corrected chi connectivity index (χ4v) is 2.13. The van der Waals surface area contributed by atoms with Crippen LogP contribution in [-0.4, -0.2) is 18.5 Å². The Labute approximate surface area is 145 Å². The number of halogens is 1. The van der Waals surface area contributed by atoms with Crippen LogP contribution in [0.4, 0.5) is 10.5 Å². The number of nitrogens with two attached hydrogens (primary N) is 1. The number of ether oxygens (including phenoxy) is 1. The molecule has 0 atom stereocenters. The van der Waals surface area contributed by atoms with Gasteiger partial charge in [-0.25, -0.2) is 9.80 Å². The third kappa shape index (κ3) is 4.63. The minimum Gasteiger partial charge on any atom is -0.483 e. The van der Waals surface area contributed by atoms with Gasteiger partial charge in [-0.05, 0) is 55.3 Å². The van der Waals surface area contributed by atoms with Gasteiger partial charge in [-0.15, -0.1) is 0 Å². The quantitative estimate of drug-likeness (QED) is 0.834. The first-order valence-electron chi connectivity index (χ1n) is 7.21. The lowest BCUT2D eigenvalue weighted by atomic mass is 10.1. The van der Waals surface area contributed by atoms with E-state index in [1.54, 1.807) is 24.3 Å². The van der Waals surface area contributed by atoms with Gasteiger partial charge in [0, 0.05) is 5.02 Å². The summed E-state index contributed by atoms with van der Waals surface area (Å²) >= 11 is 5.80. The van der Waals surface area contributed by atoms with Crippen LogP contribution >= 0.6 is 11.6 Å². The van der Waals surface area contributed by atoms with Crippen molar-refractivity contribution in [2.45, 2.75) is 13.8 Å². The molecule has 2 aromatic carbocycles. The van der Waals surface area contributed by atoms with Gasteiger partial charge in [-0.3, -0.25) is 10.2 Å². The number of nitrogens with one attached hydrogen (secondary N) is 1. The Bertz CT molecular complexity index is 747. The monoisotopic (exact) mass is 347 g/mol. The number of carbonyl (C=O) groups is 2. The molecule has 2 rings (SSSR count). The first kappa shape index (κ1) is 17.6. The number of anilines is 1. The third-order valence-corrected chi connectivity index (χ3v) is 3.50. The molecule has 0 fully saturated rings. The molecule has 3 amide bonds. The normalized spacial score (nSPS) is 10.1. The molecule has 3 N–H and O–H groups in total. The molecular formula is C17H18ClN3O3. The van der Waals surface area contributed by atoms with E-state index in [4.69, 9.17) is 22.1 Å². The van der Waals surface area contributed by atoms with Crippen LogP contribution in [0.5, 0.6) is 5.75 Å². The number of carbonyl (C=O) groups excluding carboxylic acids is 2. The summed E-state index contributed by atoms with van der Waals surface area (Å²) in [6.45, 7) is 3.57. The topological polar surface area (TPSA) is 84.7 Å². The number of primary amides is 1. The van der Waals surface area contributed by atoms with Crippen molar-refractivity contribution >= 4 is 29.2 Å². The van der Waals surface area contributed by atoms with E-state index in [2.05, 4.69) is 5.43 Å². The Morgan fingerprint density at radius 1 is 1.17 bits per heavy atom. The SMILES string of the molecule is Cc1ccc(C)c(OCC(=O)NN(C(N)=O)c2ccc(Cl)cc2)c1. The summed E-state index contributed by atoms with van der Waals surface area (Å²) < 4.78 is 5.50. The van der Waals surface area contributed by atoms with Crippen molar-refractivity contribution in [2.24, 2.45) is 5.73 Å². The van der Waals surface area contributed by atoms with E-state index < -0.39 is 11.9 Å². The lowest BCUT2D eigenvalue weighted by Gasteiger charge is -2.21. The van der Waals surface area contributed by atoms with Crippen molar-refractivity contribution in [1.29, 1.82) is 0 Å². The van der Waals surface area contributed by atoms with Crippen LogP contribution in [0, 0.1) is 13.8 Å². The smallest absolute Gasteiger partial charge is 0.338 e. The van der Waals surface area contributed by atoms with E-state index in [1.165, 1.54) is 0 Å². The Morgan fingerprint density at radius 3 is 2.46 bits per heavy atom. The van der Waals surface area contributed by atoms with Crippen molar-refractivity contribution in [3.05, 3.63) is 58.6 Å². The number of hydrazine groups is 1. The van der Waals surface area contributed by atoms with Gasteiger partial charge in [0.15, 0.2) is 6.61 Å². The van der Waals surface area contributed by atoms with Crippen LogP contribution in [0.25, 0.3) is 0 Å². The van der Waals surface area contributed by atoms with Crippen LogP contribution in [0.3, 0.4) is 0 Å². The number of urea groups is 1. The van der Waals surface area contributed by atoms with E-state index in [-0.39, 0.29) is 6.61 Å². The first-order chi connectivity index (χ1) is 11.4. The first-order valence-corrected chi connectivity index (χ1v) is 7.59. The molecule has 0 aliphatic carbocycles. The fourth-order valence-electron chi connectivity index (χ4n) is 2.00. The van der Waals surface area contributed by atoms with Gasteiger partial charge in [-0.2, -0.15) is 0 Å². The van der Waals surface area contributed by atoms with Gasteiger partial charge in [0.1, 0.15) is 5.75 Å².